The zero-order valence-corrected chi connectivity index (χ0v) is 17.4. The average Bonchev–Trinajstić information content (AvgIpc) is 2.62. The molecule has 0 amide bonds. The number of aliphatic imine (C=N–C) groups is 1. The Hall–Kier alpha value is -1.90. The van der Waals surface area contributed by atoms with Gasteiger partial charge in [0, 0.05) is 31.4 Å². The Kier molecular flexibility index (Phi) is 10.6. The molecule has 1 atom stereocenters. The number of nitrogens with one attached hydrogen (secondary N) is 2. The molecule has 0 spiro atoms. The molecule has 142 valence electrons. The minimum Gasteiger partial charge on any atom is -0.489 e. The van der Waals surface area contributed by atoms with E-state index in [0.29, 0.717) is 12.3 Å². The first-order valence-corrected chi connectivity index (χ1v) is 8.51. The smallest absolute Gasteiger partial charge is 0.191 e. The number of pyridine rings is 1. The van der Waals surface area contributed by atoms with Gasteiger partial charge in [0.2, 0.25) is 0 Å². The lowest BCUT2D eigenvalue weighted by atomic mass is 10.3. The van der Waals surface area contributed by atoms with E-state index in [1.165, 1.54) is 12.1 Å². The van der Waals surface area contributed by atoms with Crippen LogP contribution in [0.25, 0.3) is 0 Å². The zero-order valence-electron chi connectivity index (χ0n) is 15.1. The fourth-order valence-electron chi connectivity index (χ4n) is 2.20. The fraction of sp³-hybridized carbons (Fsp3) is 0.368. The average molecular weight is 472 g/mol. The molecule has 1 heterocycles. The number of ether oxygens (including phenoxy) is 1. The summed E-state index contributed by atoms with van der Waals surface area (Å²) in [6, 6.07) is 11.9. The van der Waals surface area contributed by atoms with Crippen molar-refractivity contribution in [2.45, 2.75) is 26.4 Å². The van der Waals surface area contributed by atoms with Crippen LogP contribution < -0.4 is 15.4 Å². The number of aromatic nitrogens is 1. The van der Waals surface area contributed by atoms with Gasteiger partial charge < -0.3 is 15.4 Å². The summed E-state index contributed by atoms with van der Waals surface area (Å²) in [7, 11) is 0. The van der Waals surface area contributed by atoms with Crippen molar-refractivity contribution in [3.8, 4) is 5.75 Å². The number of hydrogen-bond donors (Lipinski definition) is 2. The topological polar surface area (TPSA) is 58.5 Å². The Morgan fingerprint density at radius 3 is 2.62 bits per heavy atom. The molecule has 0 radical (unpaired) electrons. The van der Waals surface area contributed by atoms with Gasteiger partial charge in [-0.1, -0.05) is 6.07 Å². The molecule has 7 heteroatoms. The van der Waals surface area contributed by atoms with Crippen LogP contribution in [0.15, 0.2) is 53.7 Å². The van der Waals surface area contributed by atoms with Crippen molar-refractivity contribution in [3.05, 3.63) is 60.2 Å². The third-order valence-corrected chi connectivity index (χ3v) is 3.40. The lowest BCUT2D eigenvalue weighted by molar-refractivity contribution is 0.230. The SMILES string of the molecule is CCNC(=NCC(C)Oc1ccc(F)cc1)NCCc1ccccn1.I. The second-order valence-corrected chi connectivity index (χ2v) is 5.60. The summed E-state index contributed by atoms with van der Waals surface area (Å²) in [6.07, 6.45) is 2.51. The van der Waals surface area contributed by atoms with Crippen LogP contribution >= 0.6 is 24.0 Å². The molecule has 2 aromatic rings. The number of halogens is 2. The summed E-state index contributed by atoms with van der Waals surface area (Å²) in [4.78, 5) is 8.84. The highest BCUT2D eigenvalue weighted by molar-refractivity contribution is 14.0. The molecule has 1 aromatic heterocycles. The summed E-state index contributed by atoms with van der Waals surface area (Å²) in [6.45, 7) is 5.98. The molecule has 5 nitrogen and oxygen atoms in total. The van der Waals surface area contributed by atoms with Gasteiger partial charge in [-0.05, 0) is 50.2 Å². The van der Waals surface area contributed by atoms with Crippen molar-refractivity contribution >= 4 is 29.9 Å². The van der Waals surface area contributed by atoms with Crippen molar-refractivity contribution in [1.82, 2.24) is 15.6 Å². The standard InChI is InChI=1S/C19H25FN4O.HI/c1-3-21-19(23-13-11-17-6-4-5-12-22-17)24-14-15(2)25-18-9-7-16(20)8-10-18;/h4-10,12,15H,3,11,13-14H2,1-2H3,(H2,21,23,24);1H. The van der Waals surface area contributed by atoms with Gasteiger partial charge in [-0.3, -0.25) is 4.98 Å². The summed E-state index contributed by atoms with van der Waals surface area (Å²) in [5.74, 6) is 1.11. The summed E-state index contributed by atoms with van der Waals surface area (Å²) < 4.78 is 18.6. The van der Waals surface area contributed by atoms with Crippen LogP contribution in [0.5, 0.6) is 5.75 Å². The van der Waals surface area contributed by atoms with Gasteiger partial charge in [0.15, 0.2) is 5.96 Å². The maximum Gasteiger partial charge on any atom is 0.191 e. The molecule has 1 aromatic carbocycles. The third kappa shape index (κ3) is 8.46. The highest BCUT2D eigenvalue weighted by atomic mass is 127. The maximum atomic E-state index is 12.9. The fourth-order valence-corrected chi connectivity index (χ4v) is 2.20. The Morgan fingerprint density at radius 2 is 1.96 bits per heavy atom. The number of benzene rings is 1. The highest BCUT2D eigenvalue weighted by Gasteiger charge is 2.05. The van der Waals surface area contributed by atoms with E-state index < -0.39 is 0 Å². The highest BCUT2D eigenvalue weighted by Crippen LogP contribution is 2.13. The van der Waals surface area contributed by atoms with Crippen LogP contribution in [0.3, 0.4) is 0 Å². The number of rotatable bonds is 8. The normalized spacial score (nSPS) is 12.0. The summed E-state index contributed by atoms with van der Waals surface area (Å²) in [5.41, 5.74) is 1.04. The van der Waals surface area contributed by atoms with Crippen molar-refractivity contribution in [3.63, 3.8) is 0 Å². The molecule has 0 saturated carbocycles. The van der Waals surface area contributed by atoms with Crippen LogP contribution in [0.1, 0.15) is 19.5 Å². The molecule has 0 aliphatic rings. The van der Waals surface area contributed by atoms with E-state index in [2.05, 4.69) is 20.6 Å². The zero-order chi connectivity index (χ0) is 17.9. The van der Waals surface area contributed by atoms with Crippen molar-refractivity contribution in [2.24, 2.45) is 4.99 Å². The van der Waals surface area contributed by atoms with E-state index in [1.807, 2.05) is 32.0 Å². The predicted octanol–water partition coefficient (Wildman–Crippen LogP) is 3.40. The first-order valence-electron chi connectivity index (χ1n) is 8.51. The molecular weight excluding hydrogens is 446 g/mol. The quantitative estimate of drug-likeness (QED) is 0.352. The molecule has 2 N–H and O–H groups in total. The second-order valence-electron chi connectivity index (χ2n) is 5.60. The molecular formula is C19H26FIN4O. The van der Waals surface area contributed by atoms with Crippen LogP contribution in [0.4, 0.5) is 4.39 Å². The van der Waals surface area contributed by atoms with Gasteiger partial charge in [0.1, 0.15) is 17.7 Å². The number of guanidine groups is 1. The van der Waals surface area contributed by atoms with Gasteiger partial charge in [-0.25, -0.2) is 9.38 Å². The van der Waals surface area contributed by atoms with Crippen LogP contribution in [-0.2, 0) is 6.42 Å². The predicted molar refractivity (Wildman–Crippen MR) is 114 cm³/mol. The van der Waals surface area contributed by atoms with Crippen molar-refractivity contribution in [2.75, 3.05) is 19.6 Å². The molecule has 2 rings (SSSR count). The van der Waals surface area contributed by atoms with Gasteiger partial charge in [0.05, 0.1) is 6.54 Å². The van der Waals surface area contributed by atoms with Gasteiger partial charge in [-0.2, -0.15) is 0 Å². The molecule has 26 heavy (non-hydrogen) atoms. The van der Waals surface area contributed by atoms with E-state index in [-0.39, 0.29) is 35.9 Å². The lowest BCUT2D eigenvalue weighted by Gasteiger charge is -2.15. The molecule has 0 fully saturated rings. The van der Waals surface area contributed by atoms with E-state index in [1.54, 1.807) is 18.3 Å². The van der Waals surface area contributed by atoms with Gasteiger partial charge in [-0.15, -0.1) is 24.0 Å². The number of hydrogen-bond acceptors (Lipinski definition) is 3. The van der Waals surface area contributed by atoms with Gasteiger partial charge in [0.25, 0.3) is 0 Å². The Bertz CT molecular complexity index is 652. The molecule has 0 aliphatic heterocycles. The Labute approximate surface area is 171 Å². The Morgan fingerprint density at radius 1 is 1.19 bits per heavy atom. The molecule has 0 aliphatic carbocycles. The van der Waals surface area contributed by atoms with E-state index in [9.17, 15) is 4.39 Å². The molecule has 0 bridgehead atoms. The first kappa shape index (κ1) is 22.1. The molecule has 1 unspecified atom stereocenters. The van der Waals surface area contributed by atoms with Crippen LogP contribution in [0, 0.1) is 5.82 Å². The maximum absolute atomic E-state index is 12.9. The van der Waals surface area contributed by atoms with E-state index >= 15 is 0 Å². The molecule has 0 saturated heterocycles. The van der Waals surface area contributed by atoms with Crippen LogP contribution in [0.2, 0.25) is 0 Å². The van der Waals surface area contributed by atoms with Crippen molar-refractivity contribution < 1.29 is 9.13 Å². The van der Waals surface area contributed by atoms with Crippen LogP contribution in [-0.4, -0.2) is 36.7 Å². The first-order chi connectivity index (χ1) is 12.2. The monoisotopic (exact) mass is 472 g/mol. The Balaban J connectivity index is 0.00000338. The lowest BCUT2D eigenvalue weighted by Crippen LogP contribution is -2.39. The third-order valence-electron chi connectivity index (χ3n) is 3.40. The van der Waals surface area contributed by atoms with Gasteiger partial charge >= 0.3 is 0 Å². The summed E-state index contributed by atoms with van der Waals surface area (Å²) >= 11 is 0. The minimum absolute atomic E-state index is 0. The summed E-state index contributed by atoms with van der Waals surface area (Å²) in [5, 5.41) is 6.50. The second kappa shape index (κ2) is 12.5. The van der Waals surface area contributed by atoms with E-state index in [4.69, 9.17) is 4.74 Å². The van der Waals surface area contributed by atoms with Crippen molar-refractivity contribution in [1.29, 1.82) is 0 Å². The largest absolute Gasteiger partial charge is 0.489 e. The number of nitrogens with zero attached hydrogens (tertiary/aromatic N) is 2. The van der Waals surface area contributed by atoms with E-state index in [0.717, 1.165) is 31.2 Å². The minimum atomic E-state index is -0.274.